The first-order chi connectivity index (χ1) is 44.6. The molecule has 0 spiro atoms. The van der Waals surface area contributed by atoms with Crippen molar-refractivity contribution in [3.63, 3.8) is 0 Å². The Bertz CT molecular complexity index is 2340. The molecule has 42 nitrogen and oxygen atoms in total. The highest BCUT2D eigenvalue weighted by Crippen LogP contribution is 2.39. The number of ether oxygens (including phenoxy) is 16. The van der Waals surface area contributed by atoms with Crippen LogP contribution < -0.4 is 10.6 Å². The van der Waals surface area contributed by atoms with Gasteiger partial charge in [-0.05, 0) is 0 Å². The number of carbonyl (C=O) groups is 2. The normalized spacial score (nSPS) is 52.2. The van der Waals surface area contributed by atoms with E-state index in [1.54, 1.807) is 0 Å². The van der Waals surface area contributed by atoms with Gasteiger partial charge in [-0.3, -0.25) is 9.59 Å². The molecule has 0 aromatic rings. The van der Waals surface area contributed by atoms with Gasteiger partial charge in [0.05, 0.1) is 52.9 Å². The third-order valence-corrected chi connectivity index (χ3v) is 17.7. The number of aliphatic hydroxyl groups is 22. The van der Waals surface area contributed by atoms with Crippen LogP contribution in [0.1, 0.15) is 13.8 Å². The molecular formula is C52H86N2O40. The minimum Gasteiger partial charge on any atom is -0.394 e. The average molecular weight is 1380 g/mol. The quantitative estimate of drug-likeness (QED) is 0.0768. The van der Waals surface area contributed by atoms with Crippen LogP contribution in [0.3, 0.4) is 0 Å². The number of hydrogen-bond donors (Lipinski definition) is 24. The van der Waals surface area contributed by atoms with Crippen LogP contribution in [0.25, 0.3) is 0 Å². The third kappa shape index (κ3) is 15.6. The van der Waals surface area contributed by atoms with E-state index in [-0.39, 0.29) is 0 Å². The van der Waals surface area contributed by atoms with Crippen molar-refractivity contribution in [3.8, 4) is 0 Å². The van der Waals surface area contributed by atoms with Crippen molar-refractivity contribution in [3.05, 3.63) is 0 Å². The topological polar surface area (TPSA) is 651 Å². The molecule has 24 fully saturated rings. The van der Waals surface area contributed by atoms with Crippen LogP contribution in [0.5, 0.6) is 0 Å². The molecule has 12 bridgehead atoms. The SMILES string of the molecule is CC(=O)N[C@H]1[C@H](OC[C@H]2O[C@@H]3O[C@H]4[C@H](O)[C@@H](O)[C@@H](O[C@H]5[C@H](O)[C@@H](O)[C@@H](O[C@H]6[C@H](O)[C@@H](O)[C@@H](O[C@H]7[C@H](O)[C@@H](O)[C@@H](O[C@H]8[C@H](O)[C@@H](O)[C@@H](O[C@H]2[C@H](O)[C@H]3O)O[C@@H]8CO)O[C@@H]7CO[C@@H]2O[C@H](CO)[C@@H](O)[C@H](O)[C@H]2NC(C)=O)O[C@@H]6CO)O[C@@H]5CO)O[C@@H]4CO)O[C@H](CO)[C@@H](O)[C@@H]1O. The van der Waals surface area contributed by atoms with Crippen LogP contribution in [0.15, 0.2) is 0 Å². The van der Waals surface area contributed by atoms with E-state index in [2.05, 4.69) is 10.6 Å². The van der Waals surface area contributed by atoms with Gasteiger partial charge in [0, 0.05) is 13.8 Å². The summed E-state index contributed by atoms with van der Waals surface area (Å²) in [5, 5.41) is 251. The number of hydrogen-bond acceptors (Lipinski definition) is 40. The molecule has 544 valence electrons. The maximum absolute atomic E-state index is 12.3. The summed E-state index contributed by atoms with van der Waals surface area (Å²) in [6.07, 6.45) is -78.7. The van der Waals surface area contributed by atoms with Crippen LogP contribution in [0, 0.1) is 0 Å². The van der Waals surface area contributed by atoms with Crippen LogP contribution in [-0.2, 0) is 85.4 Å². The van der Waals surface area contributed by atoms with E-state index >= 15 is 0 Å². The lowest BCUT2D eigenvalue weighted by Gasteiger charge is -2.51. The molecule has 24 N–H and O–H groups in total. The van der Waals surface area contributed by atoms with E-state index in [0.717, 1.165) is 13.8 Å². The van der Waals surface area contributed by atoms with Gasteiger partial charge in [-0.1, -0.05) is 0 Å². The van der Waals surface area contributed by atoms with E-state index in [4.69, 9.17) is 75.8 Å². The molecule has 24 aliphatic heterocycles. The number of amides is 2. The average Bonchev–Trinajstić information content (AvgIpc) is 0.808. The summed E-state index contributed by atoms with van der Waals surface area (Å²) in [6.45, 7) is -6.27. The van der Waals surface area contributed by atoms with E-state index in [1.165, 1.54) is 0 Å². The smallest absolute Gasteiger partial charge is 0.217 e. The molecule has 0 aliphatic carbocycles. The van der Waals surface area contributed by atoms with E-state index < -0.39 is 310 Å². The molecule has 0 aromatic carbocycles. The standard InChI is InChI=1S/C52H86N2O40/c1-11(61)53-21-25(65)23(63)13(3-55)81-45(21)79-9-19-43-32(72)38(78)52(88-19)92-42-18(8-60)86-50(36(76)30(42)70)94-44-20(10-80-46-22(54-12(2)62)26(66)24(64)14(4-56)82-46)87-51(37(77)31(44)71)91-41-17(7-59)84-48(34(74)28(41)68)89-39-15(5-57)83-47(33(73)27(39)67)90-40-16(6-58)85-49(93-43)35(75)29(40)69/h13-52,55-60,63-78H,3-10H2,1-2H3,(H,53,61)(H,54,62)/t13-,14-,15-,16-,17-,18-,19-,20-,21-,22-,23-,24-,25-,26-,27-,28-,29-,30-,31-,32-,33-,34-,35-,36-,37-,38-,39-,40-,41-,42-,43-,44-,45-,46-,47-,48-,49-,50-,51-,52-/m1/s1. The van der Waals surface area contributed by atoms with Gasteiger partial charge in [-0.15, -0.1) is 0 Å². The third-order valence-electron chi connectivity index (χ3n) is 17.7. The zero-order valence-electron chi connectivity index (χ0n) is 49.9. The Hall–Kier alpha value is -2.58. The monoisotopic (exact) mass is 1380 g/mol. The second-order valence-corrected chi connectivity index (χ2v) is 24.0. The fourth-order valence-electron chi connectivity index (χ4n) is 12.5. The first-order valence-electron chi connectivity index (χ1n) is 30.1. The number of rotatable bonds is 14. The van der Waals surface area contributed by atoms with Crippen molar-refractivity contribution in [2.75, 3.05) is 52.9 Å². The van der Waals surface area contributed by atoms with E-state index in [9.17, 15) is 122 Å². The molecule has 24 saturated heterocycles. The van der Waals surface area contributed by atoms with Crippen molar-refractivity contribution < 1.29 is 198 Å². The Labute approximate surface area is 531 Å². The highest BCUT2D eigenvalue weighted by Gasteiger charge is 2.60. The zero-order chi connectivity index (χ0) is 68.6. The van der Waals surface area contributed by atoms with Gasteiger partial charge in [0.2, 0.25) is 11.8 Å². The minimum absolute atomic E-state index is 0.788. The Kier molecular flexibility index (Phi) is 26.1. The summed E-state index contributed by atoms with van der Waals surface area (Å²) in [6, 6.07) is -3.24. The van der Waals surface area contributed by atoms with Gasteiger partial charge in [0.15, 0.2) is 50.3 Å². The van der Waals surface area contributed by atoms with Crippen molar-refractivity contribution in [1.29, 1.82) is 0 Å². The minimum atomic E-state index is -2.39. The lowest BCUT2D eigenvalue weighted by Crippen LogP contribution is -2.69. The van der Waals surface area contributed by atoms with Gasteiger partial charge in [0.25, 0.3) is 0 Å². The van der Waals surface area contributed by atoms with Crippen LogP contribution in [0.2, 0.25) is 0 Å². The summed E-state index contributed by atoms with van der Waals surface area (Å²) in [7, 11) is 0. The lowest BCUT2D eigenvalue weighted by molar-refractivity contribution is -0.406. The second kappa shape index (κ2) is 32.4. The molecular weight excluding hydrogens is 1290 g/mol. The maximum atomic E-state index is 12.3. The van der Waals surface area contributed by atoms with Crippen molar-refractivity contribution in [1.82, 2.24) is 10.6 Å². The summed E-state index contributed by atoms with van der Waals surface area (Å²) in [5.41, 5.74) is 0. The number of aliphatic hydroxyl groups excluding tert-OH is 22. The van der Waals surface area contributed by atoms with Gasteiger partial charge >= 0.3 is 0 Å². The Balaban J connectivity index is 1.06. The highest BCUT2D eigenvalue weighted by molar-refractivity contribution is 5.73. The van der Waals surface area contributed by atoms with E-state index in [1.807, 2.05) is 0 Å². The van der Waals surface area contributed by atoms with Gasteiger partial charge in [-0.2, -0.15) is 0 Å². The summed E-state index contributed by atoms with van der Waals surface area (Å²) >= 11 is 0. The molecule has 42 heteroatoms. The van der Waals surface area contributed by atoms with Gasteiger partial charge < -0.3 is 199 Å². The lowest BCUT2D eigenvalue weighted by atomic mass is 9.94. The molecule has 0 aromatic heterocycles. The first kappa shape index (κ1) is 75.6. The summed E-state index contributed by atoms with van der Waals surface area (Å²) in [5.74, 6) is -1.58. The maximum Gasteiger partial charge on any atom is 0.217 e. The number of nitrogens with one attached hydrogen (secondary N) is 2. The molecule has 24 heterocycles. The second-order valence-electron chi connectivity index (χ2n) is 24.0. The number of carbonyl (C=O) groups excluding carboxylic acids is 2. The summed E-state index contributed by atoms with van der Waals surface area (Å²) in [4.78, 5) is 24.6. The van der Waals surface area contributed by atoms with Crippen molar-refractivity contribution in [2.24, 2.45) is 0 Å². The predicted octanol–water partition coefficient (Wildman–Crippen LogP) is -17.1. The molecule has 0 unspecified atom stereocenters. The predicted molar refractivity (Wildman–Crippen MR) is 284 cm³/mol. The molecule has 0 radical (unpaired) electrons. The fourth-order valence-corrected chi connectivity index (χ4v) is 12.5. The molecule has 94 heavy (non-hydrogen) atoms. The van der Waals surface area contributed by atoms with Crippen LogP contribution in [0.4, 0.5) is 0 Å². The fraction of sp³-hybridized carbons (Fsp3) is 0.962. The Morgan fingerprint density at radius 2 is 0.468 bits per heavy atom. The largest absolute Gasteiger partial charge is 0.394 e. The van der Waals surface area contributed by atoms with Crippen molar-refractivity contribution >= 4 is 11.8 Å². The Morgan fingerprint density at radius 3 is 0.670 bits per heavy atom. The van der Waals surface area contributed by atoms with Gasteiger partial charge in [0.1, 0.15) is 195 Å². The molecule has 40 atom stereocenters. The highest BCUT2D eigenvalue weighted by atomic mass is 16.8. The van der Waals surface area contributed by atoms with Crippen molar-refractivity contribution in [2.45, 2.75) is 259 Å². The van der Waals surface area contributed by atoms with Crippen LogP contribution in [-0.4, -0.2) is 423 Å². The summed E-state index contributed by atoms with van der Waals surface area (Å²) < 4.78 is 93.8. The molecule has 2 amide bonds. The first-order valence-corrected chi connectivity index (χ1v) is 30.1. The van der Waals surface area contributed by atoms with Crippen LogP contribution >= 0.6 is 0 Å². The van der Waals surface area contributed by atoms with E-state index in [0.29, 0.717) is 0 Å². The Morgan fingerprint density at radius 1 is 0.266 bits per heavy atom. The zero-order valence-corrected chi connectivity index (χ0v) is 49.9. The molecule has 24 rings (SSSR count). The molecule has 0 saturated carbocycles. The van der Waals surface area contributed by atoms with Gasteiger partial charge in [-0.25, -0.2) is 0 Å². The molecule has 24 aliphatic rings.